The lowest BCUT2D eigenvalue weighted by Gasteiger charge is -2.24. The van der Waals surface area contributed by atoms with Gasteiger partial charge in [-0.05, 0) is 17.7 Å². The van der Waals surface area contributed by atoms with Crippen LogP contribution in [0.4, 0.5) is 0 Å². The molecule has 2 aromatic rings. The molecule has 25 heavy (non-hydrogen) atoms. The second-order valence-corrected chi connectivity index (χ2v) is 7.30. The van der Waals surface area contributed by atoms with Crippen molar-refractivity contribution >= 4 is 17.7 Å². The quantitative estimate of drug-likeness (QED) is 0.739. The molecule has 0 saturated carbocycles. The van der Waals surface area contributed by atoms with Gasteiger partial charge in [0.05, 0.1) is 26.3 Å². The van der Waals surface area contributed by atoms with E-state index in [2.05, 4.69) is 5.32 Å². The Hall–Kier alpha value is -1.82. The van der Waals surface area contributed by atoms with Crippen LogP contribution < -0.4 is 10.2 Å². The molecule has 5 heteroatoms. The van der Waals surface area contributed by atoms with Crippen LogP contribution in [0.1, 0.15) is 10.8 Å². The van der Waals surface area contributed by atoms with Crippen LogP contribution >= 0.6 is 11.8 Å². The second kappa shape index (κ2) is 9.61. The minimum atomic E-state index is -0.233. The zero-order valence-corrected chi connectivity index (χ0v) is 15.1. The minimum absolute atomic E-state index is 0.0766. The Labute approximate surface area is 153 Å². The molecule has 132 valence electrons. The molecular weight excluding hydrogens is 332 g/mol. The summed E-state index contributed by atoms with van der Waals surface area (Å²) >= 11 is 1.60. The maximum absolute atomic E-state index is 12.8. The normalized spacial score (nSPS) is 16.3. The van der Waals surface area contributed by atoms with Crippen LogP contribution in [0.5, 0.6) is 0 Å². The molecular formula is C20H25N2O2S+. The zero-order chi connectivity index (χ0) is 17.3. The Kier molecular flexibility index (Phi) is 6.91. The number of benzene rings is 2. The zero-order valence-electron chi connectivity index (χ0n) is 14.3. The predicted octanol–water partition coefficient (Wildman–Crippen LogP) is 1.55. The molecule has 1 amide bonds. The Morgan fingerprint density at radius 2 is 1.68 bits per heavy atom. The first kappa shape index (κ1) is 18.0. The number of hydrogen-bond acceptors (Lipinski definition) is 3. The second-order valence-electron chi connectivity index (χ2n) is 6.13. The highest BCUT2D eigenvalue weighted by molar-refractivity contribution is 8.00. The number of carbonyl (C=O) groups excluding carboxylic acids is 1. The first-order valence-electron chi connectivity index (χ1n) is 8.78. The fourth-order valence-corrected chi connectivity index (χ4v) is 3.97. The molecule has 1 fully saturated rings. The van der Waals surface area contributed by atoms with Gasteiger partial charge in [-0.15, -0.1) is 11.8 Å². The molecule has 1 atom stereocenters. The van der Waals surface area contributed by atoms with Gasteiger partial charge in [0.1, 0.15) is 18.3 Å². The van der Waals surface area contributed by atoms with Gasteiger partial charge in [-0.1, -0.05) is 48.5 Å². The van der Waals surface area contributed by atoms with Gasteiger partial charge < -0.3 is 15.0 Å². The SMILES string of the molecule is O=C(NCC[NH+]1CCOCC1)[C@H](Sc1ccccc1)c1ccccc1. The van der Waals surface area contributed by atoms with Gasteiger partial charge >= 0.3 is 0 Å². The van der Waals surface area contributed by atoms with E-state index in [9.17, 15) is 4.79 Å². The van der Waals surface area contributed by atoms with Crippen molar-refractivity contribution in [2.45, 2.75) is 10.1 Å². The monoisotopic (exact) mass is 357 g/mol. The number of nitrogens with one attached hydrogen (secondary N) is 2. The van der Waals surface area contributed by atoms with Crippen molar-refractivity contribution < 1.29 is 14.4 Å². The lowest BCUT2D eigenvalue weighted by Crippen LogP contribution is -3.14. The number of quaternary nitrogens is 1. The number of morpholine rings is 1. The van der Waals surface area contributed by atoms with Crippen molar-refractivity contribution in [2.75, 3.05) is 39.4 Å². The molecule has 0 unspecified atom stereocenters. The highest BCUT2D eigenvalue weighted by Gasteiger charge is 2.22. The molecule has 2 aromatic carbocycles. The fraction of sp³-hybridized carbons (Fsp3) is 0.350. The third kappa shape index (κ3) is 5.59. The van der Waals surface area contributed by atoms with Crippen LogP contribution in [-0.4, -0.2) is 45.3 Å². The van der Waals surface area contributed by atoms with E-state index in [4.69, 9.17) is 4.74 Å². The Bertz CT molecular complexity index is 645. The number of thioether (sulfide) groups is 1. The largest absolute Gasteiger partial charge is 0.370 e. The standard InChI is InChI=1S/C20H24N2O2S/c23-20(21-11-12-22-13-15-24-16-14-22)19(17-7-3-1-4-8-17)25-18-9-5-2-6-10-18/h1-10,19H,11-16H2,(H,21,23)/p+1/t19-/m1/s1. The van der Waals surface area contributed by atoms with E-state index in [-0.39, 0.29) is 11.2 Å². The molecule has 1 aliphatic heterocycles. The molecule has 4 nitrogen and oxygen atoms in total. The van der Waals surface area contributed by atoms with Gasteiger partial charge in [-0.3, -0.25) is 4.79 Å². The molecule has 0 aliphatic carbocycles. The first-order valence-corrected chi connectivity index (χ1v) is 9.66. The number of hydrogen-bond donors (Lipinski definition) is 2. The van der Waals surface area contributed by atoms with Crippen LogP contribution in [0.2, 0.25) is 0 Å². The Morgan fingerprint density at radius 1 is 1.04 bits per heavy atom. The summed E-state index contributed by atoms with van der Waals surface area (Å²) in [6.07, 6.45) is 0. The summed E-state index contributed by atoms with van der Waals surface area (Å²) in [5.41, 5.74) is 1.03. The summed E-state index contributed by atoms with van der Waals surface area (Å²) in [6.45, 7) is 5.34. The van der Waals surface area contributed by atoms with Crippen molar-refractivity contribution in [1.29, 1.82) is 0 Å². The molecule has 0 radical (unpaired) electrons. The van der Waals surface area contributed by atoms with E-state index >= 15 is 0 Å². The van der Waals surface area contributed by atoms with E-state index in [1.54, 1.807) is 11.8 Å². The summed E-state index contributed by atoms with van der Waals surface area (Å²) in [5, 5.41) is 2.89. The van der Waals surface area contributed by atoms with E-state index < -0.39 is 0 Å². The first-order chi connectivity index (χ1) is 12.3. The summed E-state index contributed by atoms with van der Waals surface area (Å²) in [7, 11) is 0. The fourth-order valence-electron chi connectivity index (χ4n) is 2.90. The van der Waals surface area contributed by atoms with Crippen LogP contribution in [-0.2, 0) is 9.53 Å². The molecule has 1 heterocycles. The average molecular weight is 357 g/mol. The number of carbonyl (C=O) groups is 1. The van der Waals surface area contributed by atoms with Crippen LogP contribution in [0.15, 0.2) is 65.6 Å². The highest BCUT2D eigenvalue weighted by atomic mass is 32.2. The van der Waals surface area contributed by atoms with Gasteiger partial charge in [0.2, 0.25) is 5.91 Å². The number of amides is 1. The number of ether oxygens (including phenoxy) is 1. The Balaban J connectivity index is 1.60. The smallest absolute Gasteiger partial charge is 0.238 e. The topological polar surface area (TPSA) is 42.8 Å². The van der Waals surface area contributed by atoms with Crippen LogP contribution in [0.25, 0.3) is 0 Å². The van der Waals surface area contributed by atoms with E-state index in [1.807, 2.05) is 60.7 Å². The minimum Gasteiger partial charge on any atom is -0.370 e. The predicted molar refractivity (Wildman–Crippen MR) is 101 cm³/mol. The average Bonchev–Trinajstić information content (AvgIpc) is 2.68. The lowest BCUT2D eigenvalue weighted by atomic mass is 10.1. The Morgan fingerprint density at radius 3 is 2.36 bits per heavy atom. The molecule has 0 aromatic heterocycles. The summed E-state index contributed by atoms with van der Waals surface area (Å²) in [4.78, 5) is 15.4. The molecule has 1 aliphatic rings. The van der Waals surface area contributed by atoms with E-state index in [1.165, 1.54) is 4.90 Å². The molecule has 1 saturated heterocycles. The lowest BCUT2D eigenvalue weighted by molar-refractivity contribution is -0.906. The van der Waals surface area contributed by atoms with Crippen LogP contribution in [0, 0.1) is 0 Å². The van der Waals surface area contributed by atoms with Crippen molar-refractivity contribution in [1.82, 2.24) is 5.32 Å². The van der Waals surface area contributed by atoms with Gasteiger partial charge in [-0.2, -0.15) is 0 Å². The van der Waals surface area contributed by atoms with Crippen molar-refractivity contribution in [2.24, 2.45) is 0 Å². The molecule has 0 spiro atoms. The van der Waals surface area contributed by atoms with E-state index in [0.29, 0.717) is 6.54 Å². The van der Waals surface area contributed by atoms with Crippen molar-refractivity contribution in [3.8, 4) is 0 Å². The summed E-state index contributed by atoms with van der Waals surface area (Å²) < 4.78 is 5.38. The third-order valence-electron chi connectivity index (χ3n) is 4.32. The summed E-state index contributed by atoms with van der Waals surface area (Å²) in [6, 6.07) is 20.1. The third-order valence-corrected chi connectivity index (χ3v) is 5.58. The summed E-state index contributed by atoms with van der Waals surface area (Å²) in [5.74, 6) is 0.0766. The molecule has 3 rings (SSSR count). The highest BCUT2D eigenvalue weighted by Crippen LogP contribution is 2.35. The van der Waals surface area contributed by atoms with Crippen molar-refractivity contribution in [3.05, 3.63) is 66.2 Å². The molecule has 0 bridgehead atoms. The van der Waals surface area contributed by atoms with Gasteiger partial charge in [0.15, 0.2) is 0 Å². The van der Waals surface area contributed by atoms with E-state index in [0.717, 1.165) is 43.3 Å². The number of rotatable bonds is 7. The van der Waals surface area contributed by atoms with Crippen LogP contribution in [0.3, 0.4) is 0 Å². The maximum Gasteiger partial charge on any atom is 0.238 e. The molecule has 2 N–H and O–H groups in total. The van der Waals surface area contributed by atoms with Gasteiger partial charge in [0, 0.05) is 4.90 Å². The van der Waals surface area contributed by atoms with Gasteiger partial charge in [-0.25, -0.2) is 0 Å². The van der Waals surface area contributed by atoms with Crippen molar-refractivity contribution in [3.63, 3.8) is 0 Å². The van der Waals surface area contributed by atoms with Gasteiger partial charge in [0.25, 0.3) is 0 Å². The maximum atomic E-state index is 12.8.